The molecule has 0 unspecified atom stereocenters. The Kier molecular flexibility index (Phi) is 5.58. The molecule has 1 aromatic rings. The maximum atomic E-state index is 11.9. The zero-order chi connectivity index (χ0) is 13.5. The van der Waals surface area contributed by atoms with Crippen molar-refractivity contribution in [1.82, 2.24) is 5.32 Å². The van der Waals surface area contributed by atoms with Crippen LogP contribution in [0.4, 0.5) is 0 Å². The lowest BCUT2D eigenvalue weighted by Gasteiger charge is -2.16. The molecule has 1 saturated carbocycles. The van der Waals surface area contributed by atoms with Gasteiger partial charge in [-0.25, -0.2) is 0 Å². The van der Waals surface area contributed by atoms with Gasteiger partial charge in [-0.15, -0.1) is 11.8 Å². The third-order valence-corrected chi connectivity index (χ3v) is 4.51. The fourth-order valence-electron chi connectivity index (χ4n) is 2.42. The molecule has 3 nitrogen and oxygen atoms in total. The van der Waals surface area contributed by atoms with E-state index in [9.17, 15) is 9.90 Å². The van der Waals surface area contributed by atoms with Crippen LogP contribution >= 0.6 is 11.8 Å². The number of nitrogens with one attached hydrogen (secondary N) is 1. The number of benzene rings is 1. The Hall–Kier alpha value is -1.16. The van der Waals surface area contributed by atoms with Gasteiger partial charge in [-0.3, -0.25) is 4.79 Å². The minimum atomic E-state index is 0.0696. The highest BCUT2D eigenvalue weighted by molar-refractivity contribution is 8.00. The Bertz CT molecular complexity index is 414. The first-order valence-electron chi connectivity index (χ1n) is 6.96. The molecule has 1 fully saturated rings. The number of phenolic OH excluding ortho intramolecular Hbond substituents is 1. The van der Waals surface area contributed by atoms with Gasteiger partial charge in [0.05, 0.1) is 5.75 Å². The van der Waals surface area contributed by atoms with E-state index in [1.807, 2.05) is 12.1 Å². The molecule has 0 spiro atoms. The molecule has 0 aliphatic heterocycles. The molecular formula is C15H21NO2S. The number of thioether (sulfide) groups is 1. The van der Waals surface area contributed by atoms with E-state index in [2.05, 4.69) is 5.32 Å². The molecule has 19 heavy (non-hydrogen) atoms. The summed E-state index contributed by atoms with van der Waals surface area (Å²) in [5.41, 5.74) is 0. The minimum absolute atomic E-state index is 0.0696. The van der Waals surface area contributed by atoms with E-state index in [4.69, 9.17) is 0 Å². The lowest BCUT2D eigenvalue weighted by Crippen LogP contribution is -2.35. The molecule has 0 aromatic heterocycles. The summed E-state index contributed by atoms with van der Waals surface area (Å²) in [6.07, 6.45) is 7.23. The van der Waals surface area contributed by atoms with E-state index in [0.29, 0.717) is 11.8 Å². The summed E-state index contributed by atoms with van der Waals surface area (Å²) < 4.78 is 0. The molecule has 4 heteroatoms. The third-order valence-electron chi connectivity index (χ3n) is 3.44. The topological polar surface area (TPSA) is 49.3 Å². The minimum Gasteiger partial charge on any atom is -0.507 e. The monoisotopic (exact) mass is 279 g/mol. The Labute approximate surface area is 118 Å². The number of hydrogen-bond donors (Lipinski definition) is 2. The first-order chi connectivity index (χ1) is 9.25. The van der Waals surface area contributed by atoms with E-state index in [0.717, 1.165) is 17.7 Å². The van der Waals surface area contributed by atoms with Gasteiger partial charge in [0.15, 0.2) is 0 Å². The van der Waals surface area contributed by atoms with Crippen LogP contribution in [0.25, 0.3) is 0 Å². The van der Waals surface area contributed by atoms with Crippen LogP contribution in [0.2, 0.25) is 0 Å². The maximum absolute atomic E-state index is 11.9. The second kappa shape index (κ2) is 7.43. The highest BCUT2D eigenvalue weighted by atomic mass is 32.2. The quantitative estimate of drug-likeness (QED) is 0.656. The number of hydrogen-bond acceptors (Lipinski definition) is 3. The van der Waals surface area contributed by atoms with Crippen LogP contribution in [0.3, 0.4) is 0 Å². The molecule has 2 rings (SSSR count). The van der Waals surface area contributed by atoms with Crippen molar-refractivity contribution < 1.29 is 9.90 Å². The summed E-state index contributed by atoms with van der Waals surface area (Å²) in [6.45, 7) is 0. The van der Waals surface area contributed by atoms with Gasteiger partial charge in [-0.2, -0.15) is 0 Å². The van der Waals surface area contributed by atoms with Gasteiger partial charge in [0.2, 0.25) is 5.91 Å². The largest absolute Gasteiger partial charge is 0.507 e. The SMILES string of the molecule is O=C(CSc1ccccc1O)NC1CCCCCC1. The molecule has 1 aliphatic rings. The Balaban J connectivity index is 1.76. The number of phenols is 1. The number of amides is 1. The Morgan fingerprint density at radius 1 is 1.21 bits per heavy atom. The molecule has 2 N–H and O–H groups in total. The predicted octanol–water partition coefficient (Wildman–Crippen LogP) is 3.32. The molecule has 1 aromatic carbocycles. The van der Waals surface area contributed by atoms with Crippen molar-refractivity contribution in [2.24, 2.45) is 0 Å². The van der Waals surface area contributed by atoms with Gasteiger partial charge in [-0.05, 0) is 25.0 Å². The van der Waals surface area contributed by atoms with Gasteiger partial charge in [0.1, 0.15) is 5.75 Å². The zero-order valence-corrected chi connectivity index (χ0v) is 11.9. The standard InChI is InChI=1S/C15H21NO2S/c17-13-9-5-6-10-14(13)19-11-15(18)16-12-7-3-1-2-4-8-12/h5-6,9-10,12,17H,1-4,7-8,11H2,(H,16,18). The van der Waals surface area contributed by atoms with Gasteiger partial charge >= 0.3 is 0 Å². The molecule has 1 amide bonds. The molecule has 0 saturated heterocycles. The Morgan fingerprint density at radius 2 is 1.89 bits per heavy atom. The molecule has 0 radical (unpaired) electrons. The molecule has 0 bridgehead atoms. The summed E-state index contributed by atoms with van der Waals surface area (Å²) in [7, 11) is 0. The van der Waals surface area contributed by atoms with E-state index in [-0.39, 0.29) is 11.7 Å². The lowest BCUT2D eigenvalue weighted by atomic mass is 10.1. The first-order valence-corrected chi connectivity index (χ1v) is 7.94. The van der Waals surface area contributed by atoms with Gasteiger partial charge < -0.3 is 10.4 Å². The van der Waals surface area contributed by atoms with Crippen LogP contribution in [0.5, 0.6) is 5.75 Å². The van der Waals surface area contributed by atoms with Crippen LogP contribution < -0.4 is 5.32 Å². The highest BCUT2D eigenvalue weighted by Crippen LogP contribution is 2.27. The fourth-order valence-corrected chi connectivity index (χ4v) is 3.18. The van der Waals surface area contributed by atoms with Crippen LogP contribution in [-0.2, 0) is 4.79 Å². The average molecular weight is 279 g/mol. The van der Waals surface area contributed by atoms with E-state index in [1.54, 1.807) is 12.1 Å². The van der Waals surface area contributed by atoms with Crippen molar-refractivity contribution in [1.29, 1.82) is 0 Å². The molecule has 1 aliphatic carbocycles. The van der Waals surface area contributed by atoms with E-state index >= 15 is 0 Å². The van der Waals surface area contributed by atoms with E-state index < -0.39 is 0 Å². The summed E-state index contributed by atoms with van der Waals surface area (Å²) in [4.78, 5) is 12.7. The van der Waals surface area contributed by atoms with Crippen molar-refractivity contribution in [2.75, 3.05) is 5.75 Å². The van der Waals surface area contributed by atoms with Crippen molar-refractivity contribution >= 4 is 17.7 Å². The van der Waals surface area contributed by atoms with Crippen LogP contribution in [0, 0.1) is 0 Å². The van der Waals surface area contributed by atoms with Gasteiger partial charge in [0, 0.05) is 10.9 Å². The van der Waals surface area contributed by atoms with Crippen molar-refractivity contribution in [3.8, 4) is 5.75 Å². The van der Waals surface area contributed by atoms with Crippen molar-refractivity contribution in [3.05, 3.63) is 24.3 Å². The number of aromatic hydroxyl groups is 1. The molecule has 0 atom stereocenters. The van der Waals surface area contributed by atoms with Gasteiger partial charge in [0.25, 0.3) is 0 Å². The van der Waals surface area contributed by atoms with Crippen molar-refractivity contribution in [3.63, 3.8) is 0 Å². The summed E-state index contributed by atoms with van der Waals surface area (Å²) in [6, 6.07) is 7.47. The lowest BCUT2D eigenvalue weighted by molar-refractivity contribution is -0.119. The average Bonchev–Trinajstić information content (AvgIpc) is 2.66. The summed E-state index contributed by atoms with van der Waals surface area (Å²) in [5.74, 6) is 0.684. The third kappa shape index (κ3) is 4.78. The molecular weight excluding hydrogens is 258 g/mol. The summed E-state index contributed by atoms with van der Waals surface area (Å²) >= 11 is 1.39. The molecule has 104 valence electrons. The molecule has 0 heterocycles. The van der Waals surface area contributed by atoms with Crippen LogP contribution in [0.15, 0.2) is 29.2 Å². The summed E-state index contributed by atoms with van der Waals surface area (Å²) in [5, 5.41) is 12.7. The maximum Gasteiger partial charge on any atom is 0.230 e. The fraction of sp³-hybridized carbons (Fsp3) is 0.533. The predicted molar refractivity (Wildman–Crippen MR) is 78.5 cm³/mol. The zero-order valence-electron chi connectivity index (χ0n) is 11.1. The Morgan fingerprint density at radius 3 is 2.58 bits per heavy atom. The van der Waals surface area contributed by atoms with Crippen LogP contribution in [-0.4, -0.2) is 22.8 Å². The smallest absolute Gasteiger partial charge is 0.230 e. The van der Waals surface area contributed by atoms with Crippen LogP contribution in [0.1, 0.15) is 38.5 Å². The second-order valence-corrected chi connectivity index (χ2v) is 6.03. The first kappa shape index (κ1) is 14.3. The highest BCUT2D eigenvalue weighted by Gasteiger charge is 2.15. The van der Waals surface area contributed by atoms with Gasteiger partial charge in [-0.1, -0.05) is 37.8 Å². The van der Waals surface area contributed by atoms with E-state index in [1.165, 1.54) is 37.4 Å². The number of carbonyl (C=O) groups is 1. The number of rotatable bonds is 4. The number of carbonyl (C=O) groups excluding carboxylic acids is 1. The van der Waals surface area contributed by atoms with Crippen molar-refractivity contribution in [2.45, 2.75) is 49.5 Å². The number of para-hydroxylation sites is 1. The normalized spacial score (nSPS) is 16.8. The second-order valence-electron chi connectivity index (χ2n) is 5.01.